The number of fused-ring (bicyclic) bond motifs is 6. The number of methoxy groups -OCH3 is 1. The van der Waals surface area contributed by atoms with E-state index in [1.54, 1.807) is 7.05 Å². The average Bonchev–Trinajstić information content (AvgIpc) is 3.37. The third-order valence-electron chi connectivity index (χ3n) is 8.37. The number of esters is 1. The molecule has 37 heavy (non-hydrogen) atoms. The predicted molar refractivity (Wildman–Crippen MR) is 145 cm³/mol. The standard InChI is InChI=1S/C33H29NO3/c1-34-30(35)19-32(26-15-7-3-11-22(26)23-12-4-8-16-27(23)32)21-33(20-31(36)37-2)28-17-9-5-13-24(28)25-14-6-10-18-29(25)33/h3-18H,19-21H2,1-2H3,(H,34,35). The molecule has 0 fully saturated rings. The first-order valence-corrected chi connectivity index (χ1v) is 12.7. The van der Waals surface area contributed by atoms with Crippen LogP contribution in [0.15, 0.2) is 97.1 Å². The zero-order valence-electron chi connectivity index (χ0n) is 21.1. The number of benzene rings is 4. The molecule has 0 heterocycles. The lowest BCUT2D eigenvalue weighted by atomic mass is 9.60. The summed E-state index contributed by atoms with van der Waals surface area (Å²) >= 11 is 0. The Labute approximate surface area is 217 Å². The summed E-state index contributed by atoms with van der Waals surface area (Å²) in [4.78, 5) is 26.4. The Morgan fingerprint density at radius 3 is 1.32 bits per heavy atom. The molecule has 4 aromatic rings. The fourth-order valence-corrected chi connectivity index (χ4v) is 6.91. The van der Waals surface area contributed by atoms with Gasteiger partial charge < -0.3 is 10.1 Å². The van der Waals surface area contributed by atoms with E-state index in [9.17, 15) is 9.59 Å². The third-order valence-corrected chi connectivity index (χ3v) is 8.37. The molecule has 0 radical (unpaired) electrons. The van der Waals surface area contributed by atoms with E-state index in [4.69, 9.17) is 4.74 Å². The molecule has 2 aliphatic rings. The number of nitrogens with one attached hydrogen (secondary N) is 1. The maximum absolute atomic E-state index is 13.2. The number of amides is 1. The van der Waals surface area contributed by atoms with Crippen LogP contribution in [0.1, 0.15) is 41.5 Å². The minimum Gasteiger partial charge on any atom is -0.469 e. The zero-order valence-corrected chi connectivity index (χ0v) is 21.1. The van der Waals surface area contributed by atoms with Crippen LogP contribution >= 0.6 is 0 Å². The highest BCUT2D eigenvalue weighted by molar-refractivity contribution is 5.89. The summed E-state index contributed by atoms with van der Waals surface area (Å²) in [7, 11) is 3.14. The molecule has 6 rings (SSSR count). The van der Waals surface area contributed by atoms with Crippen LogP contribution in [-0.4, -0.2) is 26.0 Å². The number of carbonyl (C=O) groups excluding carboxylic acids is 2. The first-order chi connectivity index (χ1) is 18.0. The fourth-order valence-electron chi connectivity index (χ4n) is 6.91. The highest BCUT2D eigenvalue weighted by Crippen LogP contribution is 2.61. The van der Waals surface area contributed by atoms with Crippen LogP contribution in [0.2, 0.25) is 0 Å². The molecule has 4 nitrogen and oxygen atoms in total. The molecular weight excluding hydrogens is 458 g/mol. The molecule has 0 aromatic heterocycles. The van der Waals surface area contributed by atoms with E-state index in [2.05, 4.69) is 66.0 Å². The van der Waals surface area contributed by atoms with Crippen LogP contribution < -0.4 is 5.32 Å². The molecule has 0 bridgehead atoms. The van der Waals surface area contributed by atoms with Crippen molar-refractivity contribution >= 4 is 11.9 Å². The second-order valence-corrected chi connectivity index (χ2v) is 10.1. The molecular formula is C33H29NO3. The number of carbonyl (C=O) groups is 2. The van der Waals surface area contributed by atoms with Crippen LogP contribution in [0.5, 0.6) is 0 Å². The van der Waals surface area contributed by atoms with E-state index in [1.807, 2.05) is 36.4 Å². The number of rotatable bonds is 6. The largest absolute Gasteiger partial charge is 0.469 e. The SMILES string of the molecule is CNC(=O)CC1(CC2(CC(=O)OC)c3ccccc3-c3ccccc32)c2ccccc2-c2ccccc21. The van der Waals surface area contributed by atoms with Crippen molar-refractivity contribution in [2.45, 2.75) is 30.1 Å². The smallest absolute Gasteiger partial charge is 0.306 e. The third kappa shape index (κ3) is 3.36. The Morgan fingerprint density at radius 1 is 0.622 bits per heavy atom. The molecule has 0 saturated heterocycles. The lowest BCUT2D eigenvalue weighted by molar-refractivity contribution is -0.141. The molecule has 184 valence electrons. The van der Waals surface area contributed by atoms with Gasteiger partial charge in [-0.3, -0.25) is 9.59 Å². The first-order valence-electron chi connectivity index (χ1n) is 12.7. The number of hydrogen-bond donors (Lipinski definition) is 1. The predicted octanol–water partition coefficient (Wildman–Crippen LogP) is 6.01. The molecule has 0 atom stereocenters. The first kappa shape index (κ1) is 23.2. The lowest BCUT2D eigenvalue weighted by Gasteiger charge is -2.41. The van der Waals surface area contributed by atoms with Crippen molar-refractivity contribution in [3.63, 3.8) is 0 Å². The van der Waals surface area contributed by atoms with Crippen molar-refractivity contribution in [3.05, 3.63) is 119 Å². The van der Waals surface area contributed by atoms with E-state index in [0.29, 0.717) is 6.42 Å². The molecule has 0 spiro atoms. The Kier molecular flexibility index (Phi) is 5.49. The van der Waals surface area contributed by atoms with E-state index in [0.717, 1.165) is 44.5 Å². The molecule has 0 unspecified atom stereocenters. The average molecular weight is 488 g/mol. The monoisotopic (exact) mass is 487 g/mol. The van der Waals surface area contributed by atoms with E-state index in [1.165, 1.54) is 7.11 Å². The van der Waals surface area contributed by atoms with Crippen LogP contribution in [0.25, 0.3) is 22.3 Å². The minimum atomic E-state index is -0.668. The molecule has 2 aliphatic carbocycles. The Balaban J connectivity index is 1.67. The van der Waals surface area contributed by atoms with Crippen molar-refractivity contribution < 1.29 is 14.3 Å². The van der Waals surface area contributed by atoms with Gasteiger partial charge in [0, 0.05) is 24.3 Å². The van der Waals surface area contributed by atoms with Gasteiger partial charge in [-0.2, -0.15) is 0 Å². The maximum Gasteiger partial charge on any atom is 0.306 e. The van der Waals surface area contributed by atoms with Gasteiger partial charge in [-0.05, 0) is 50.9 Å². The van der Waals surface area contributed by atoms with Crippen molar-refractivity contribution in [1.82, 2.24) is 5.32 Å². The van der Waals surface area contributed by atoms with Crippen molar-refractivity contribution in [2.75, 3.05) is 14.2 Å². The maximum atomic E-state index is 13.2. The summed E-state index contributed by atoms with van der Waals surface area (Å²) in [6.07, 6.45) is 1.03. The van der Waals surface area contributed by atoms with Gasteiger partial charge in [0.15, 0.2) is 0 Å². The summed E-state index contributed by atoms with van der Waals surface area (Å²) in [6.45, 7) is 0. The molecule has 1 amide bonds. The summed E-state index contributed by atoms with van der Waals surface area (Å²) in [5, 5.41) is 2.88. The van der Waals surface area contributed by atoms with Crippen molar-refractivity contribution in [2.24, 2.45) is 0 Å². The minimum absolute atomic E-state index is 0.0284. The highest BCUT2D eigenvalue weighted by Gasteiger charge is 2.54. The van der Waals surface area contributed by atoms with Gasteiger partial charge >= 0.3 is 5.97 Å². The van der Waals surface area contributed by atoms with Gasteiger partial charge in [-0.15, -0.1) is 0 Å². The summed E-state index contributed by atoms with van der Waals surface area (Å²) in [5.41, 5.74) is 7.75. The summed E-state index contributed by atoms with van der Waals surface area (Å²) in [5.74, 6) is -0.291. The van der Waals surface area contributed by atoms with E-state index < -0.39 is 10.8 Å². The van der Waals surface area contributed by atoms with E-state index in [-0.39, 0.29) is 24.7 Å². The summed E-state index contributed by atoms with van der Waals surface area (Å²) in [6, 6.07) is 33.5. The fraction of sp³-hybridized carbons (Fsp3) is 0.212. The van der Waals surface area contributed by atoms with Gasteiger partial charge in [0.25, 0.3) is 0 Å². The van der Waals surface area contributed by atoms with E-state index >= 15 is 0 Å². The Morgan fingerprint density at radius 2 is 0.973 bits per heavy atom. The number of ether oxygens (including phenoxy) is 1. The Bertz CT molecular complexity index is 1330. The second-order valence-electron chi connectivity index (χ2n) is 10.1. The van der Waals surface area contributed by atoms with Crippen molar-refractivity contribution in [1.29, 1.82) is 0 Å². The van der Waals surface area contributed by atoms with Gasteiger partial charge in [0.1, 0.15) is 0 Å². The van der Waals surface area contributed by atoms with Crippen LogP contribution in [0.4, 0.5) is 0 Å². The normalized spacial score (nSPS) is 15.2. The highest BCUT2D eigenvalue weighted by atomic mass is 16.5. The Hall–Kier alpha value is -4.18. The molecule has 4 heteroatoms. The second kappa shape index (κ2) is 8.74. The van der Waals surface area contributed by atoms with Crippen LogP contribution in [0, 0.1) is 0 Å². The number of hydrogen-bond acceptors (Lipinski definition) is 3. The topological polar surface area (TPSA) is 55.4 Å². The van der Waals surface area contributed by atoms with Gasteiger partial charge in [-0.25, -0.2) is 0 Å². The van der Waals surface area contributed by atoms with Crippen molar-refractivity contribution in [3.8, 4) is 22.3 Å². The quantitative estimate of drug-likeness (QED) is 0.339. The lowest BCUT2D eigenvalue weighted by Crippen LogP contribution is -2.42. The molecule has 4 aromatic carbocycles. The zero-order chi connectivity index (χ0) is 25.6. The van der Waals surface area contributed by atoms with Crippen LogP contribution in [0.3, 0.4) is 0 Å². The summed E-state index contributed by atoms with van der Waals surface area (Å²) < 4.78 is 5.29. The van der Waals surface area contributed by atoms with Crippen LogP contribution in [-0.2, 0) is 25.2 Å². The van der Waals surface area contributed by atoms with Gasteiger partial charge in [0.05, 0.1) is 13.5 Å². The molecule has 0 aliphatic heterocycles. The van der Waals surface area contributed by atoms with Gasteiger partial charge in [-0.1, -0.05) is 97.1 Å². The molecule has 1 N–H and O–H groups in total. The van der Waals surface area contributed by atoms with Gasteiger partial charge in [0.2, 0.25) is 5.91 Å². The molecule has 0 saturated carbocycles.